The Kier molecular flexibility index (Phi) is 8.18. The molecule has 3 rings (SSSR count). The zero-order valence-electron chi connectivity index (χ0n) is 16.8. The largest absolute Gasteiger partial charge is 0.496 e. The van der Waals surface area contributed by atoms with Crippen molar-refractivity contribution in [2.75, 3.05) is 20.7 Å². The zero-order valence-corrected chi connectivity index (χ0v) is 16.8. The fourth-order valence-corrected chi connectivity index (χ4v) is 2.93. The number of benzene rings is 2. The van der Waals surface area contributed by atoms with Crippen molar-refractivity contribution in [1.82, 2.24) is 9.47 Å². The number of nitrogens with zero attached hydrogens (tertiary/aromatic N) is 2. The molecule has 160 valence electrons. The van der Waals surface area contributed by atoms with E-state index in [0.29, 0.717) is 12.1 Å². The number of oxazole rings is 1. The maximum Gasteiger partial charge on any atom is 0.419 e. The van der Waals surface area contributed by atoms with Gasteiger partial charge in [-0.15, -0.1) is 0 Å². The SMILES string of the molecule is COc1ccccc1CN(C)CCCn1c(=O)oc2ccccc21.O=C(O)C(=O)O. The van der Waals surface area contributed by atoms with Crippen molar-refractivity contribution in [3.63, 3.8) is 0 Å². The molecule has 9 heteroatoms. The van der Waals surface area contributed by atoms with Crippen LogP contribution >= 0.6 is 0 Å². The summed E-state index contributed by atoms with van der Waals surface area (Å²) in [6, 6.07) is 15.6. The lowest BCUT2D eigenvalue weighted by atomic mass is 10.2. The van der Waals surface area contributed by atoms with Crippen molar-refractivity contribution in [2.45, 2.75) is 19.5 Å². The van der Waals surface area contributed by atoms with Gasteiger partial charge in [0.2, 0.25) is 0 Å². The maximum atomic E-state index is 12.0. The number of carboxylic acid groups (broad SMARTS) is 2. The number of para-hydroxylation sites is 3. The summed E-state index contributed by atoms with van der Waals surface area (Å²) >= 11 is 0. The van der Waals surface area contributed by atoms with Crippen molar-refractivity contribution in [2.24, 2.45) is 0 Å². The smallest absolute Gasteiger partial charge is 0.419 e. The predicted octanol–water partition coefficient (Wildman–Crippen LogP) is 2.28. The summed E-state index contributed by atoms with van der Waals surface area (Å²) in [7, 11) is 3.76. The van der Waals surface area contributed by atoms with Gasteiger partial charge in [-0.2, -0.15) is 0 Å². The summed E-state index contributed by atoms with van der Waals surface area (Å²) in [5.41, 5.74) is 2.66. The number of ether oxygens (including phenoxy) is 1. The Balaban J connectivity index is 0.000000469. The molecular weight excluding hydrogens is 392 g/mol. The average Bonchev–Trinajstić information content (AvgIpc) is 3.04. The number of carbonyl (C=O) groups is 2. The minimum Gasteiger partial charge on any atom is -0.496 e. The Labute approximate surface area is 172 Å². The van der Waals surface area contributed by atoms with Gasteiger partial charge in [0, 0.05) is 18.7 Å². The highest BCUT2D eigenvalue weighted by atomic mass is 16.5. The third-order valence-electron chi connectivity index (χ3n) is 4.31. The Morgan fingerprint density at radius 1 is 1.07 bits per heavy atom. The standard InChI is InChI=1S/C19H22N2O3.C2H2O4/c1-20(14-15-8-3-5-10-17(15)23-2)12-7-13-21-16-9-4-6-11-18(16)24-19(21)22;3-1(4)2(5)6/h3-6,8-11H,7,12-14H2,1-2H3;(H,3,4)(H,5,6). The van der Waals surface area contributed by atoms with Gasteiger partial charge in [-0.25, -0.2) is 14.4 Å². The second-order valence-corrected chi connectivity index (χ2v) is 6.50. The lowest BCUT2D eigenvalue weighted by Crippen LogP contribution is -2.22. The number of aryl methyl sites for hydroxylation is 1. The molecule has 3 aromatic rings. The summed E-state index contributed by atoms with van der Waals surface area (Å²) in [5.74, 6) is -3.03. The van der Waals surface area contributed by atoms with Crippen LogP contribution < -0.4 is 10.5 Å². The third-order valence-corrected chi connectivity index (χ3v) is 4.31. The first-order valence-electron chi connectivity index (χ1n) is 9.18. The molecule has 0 unspecified atom stereocenters. The summed E-state index contributed by atoms with van der Waals surface area (Å²) in [6.07, 6.45) is 0.870. The van der Waals surface area contributed by atoms with Crippen LogP contribution in [-0.4, -0.2) is 52.3 Å². The fraction of sp³-hybridized carbons (Fsp3) is 0.286. The number of aromatic nitrogens is 1. The van der Waals surface area contributed by atoms with E-state index in [1.54, 1.807) is 11.7 Å². The lowest BCUT2D eigenvalue weighted by Gasteiger charge is -2.18. The van der Waals surface area contributed by atoms with Crippen LogP contribution in [0.4, 0.5) is 0 Å². The minimum absolute atomic E-state index is 0.288. The van der Waals surface area contributed by atoms with Crippen molar-refractivity contribution in [1.29, 1.82) is 0 Å². The number of rotatable bonds is 7. The van der Waals surface area contributed by atoms with E-state index in [4.69, 9.17) is 29.0 Å². The summed E-state index contributed by atoms with van der Waals surface area (Å²) in [5, 5.41) is 14.8. The molecule has 0 aliphatic heterocycles. The average molecular weight is 416 g/mol. The first-order chi connectivity index (χ1) is 14.3. The van der Waals surface area contributed by atoms with Gasteiger partial charge in [0.25, 0.3) is 0 Å². The Morgan fingerprint density at radius 3 is 2.37 bits per heavy atom. The third kappa shape index (κ3) is 6.21. The molecular formula is C21H24N2O7. The topological polar surface area (TPSA) is 122 Å². The number of hydrogen-bond acceptors (Lipinski definition) is 6. The van der Waals surface area contributed by atoms with Crippen LogP contribution in [0.25, 0.3) is 11.1 Å². The van der Waals surface area contributed by atoms with Gasteiger partial charge in [-0.05, 0) is 38.2 Å². The van der Waals surface area contributed by atoms with Crippen molar-refractivity contribution >= 4 is 23.0 Å². The minimum atomic E-state index is -1.82. The molecule has 30 heavy (non-hydrogen) atoms. The lowest BCUT2D eigenvalue weighted by molar-refractivity contribution is -0.159. The van der Waals surface area contributed by atoms with E-state index in [-0.39, 0.29) is 5.76 Å². The molecule has 1 aromatic heterocycles. The molecule has 0 radical (unpaired) electrons. The Morgan fingerprint density at radius 2 is 1.70 bits per heavy atom. The first-order valence-corrected chi connectivity index (χ1v) is 9.18. The first kappa shape index (κ1) is 22.7. The quantitative estimate of drug-likeness (QED) is 0.563. The maximum absolute atomic E-state index is 12.0. The van der Waals surface area contributed by atoms with E-state index in [2.05, 4.69) is 18.0 Å². The number of carboxylic acids is 2. The molecule has 0 bridgehead atoms. The van der Waals surface area contributed by atoms with Gasteiger partial charge in [-0.3, -0.25) is 4.57 Å². The molecule has 0 saturated carbocycles. The summed E-state index contributed by atoms with van der Waals surface area (Å²) < 4.78 is 12.3. The van der Waals surface area contributed by atoms with Crippen LogP contribution in [0, 0.1) is 0 Å². The molecule has 1 heterocycles. The van der Waals surface area contributed by atoms with Crippen molar-refractivity contribution in [3.8, 4) is 5.75 Å². The van der Waals surface area contributed by atoms with Crippen molar-refractivity contribution < 1.29 is 29.0 Å². The molecule has 0 aliphatic rings. The van der Waals surface area contributed by atoms with Gasteiger partial charge < -0.3 is 24.3 Å². The molecule has 0 aliphatic carbocycles. The highest BCUT2D eigenvalue weighted by Crippen LogP contribution is 2.19. The summed E-state index contributed by atoms with van der Waals surface area (Å²) in [6.45, 7) is 2.33. The fourth-order valence-electron chi connectivity index (χ4n) is 2.93. The van der Waals surface area contributed by atoms with Gasteiger partial charge in [0.1, 0.15) is 5.75 Å². The molecule has 0 fully saturated rings. The van der Waals surface area contributed by atoms with E-state index >= 15 is 0 Å². The highest BCUT2D eigenvalue weighted by molar-refractivity contribution is 6.27. The van der Waals surface area contributed by atoms with Crippen LogP contribution in [0.3, 0.4) is 0 Å². The van der Waals surface area contributed by atoms with Gasteiger partial charge in [-0.1, -0.05) is 30.3 Å². The monoisotopic (exact) mass is 416 g/mol. The van der Waals surface area contributed by atoms with E-state index < -0.39 is 11.9 Å². The summed E-state index contributed by atoms with van der Waals surface area (Å²) in [4.78, 5) is 32.4. The van der Waals surface area contributed by atoms with E-state index in [1.165, 1.54) is 0 Å². The highest BCUT2D eigenvalue weighted by Gasteiger charge is 2.09. The van der Waals surface area contributed by atoms with Crippen molar-refractivity contribution in [3.05, 3.63) is 64.6 Å². The molecule has 0 saturated heterocycles. The second-order valence-electron chi connectivity index (χ2n) is 6.50. The molecule has 2 N–H and O–H groups in total. The predicted molar refractivity (Wildman–Crippen MR) is 110 cm³/mol. The van der Waals surface area contributed by atoms with Crippen LogP contribution in [0.15, 0.2) is 57.7 Å². The molecule has 9 nitrogen and oxygen atoms in total. The molecule has 0 atom stereocenters. The molecule has 2 aromatic carbocycles. The Bertz CT molecular complexity index is 1040. The number of fused-ring (bicyclic) bond motifs is 1. The molecule has 0 amide bonds. The number of methoxy groups -OCH3 is 1. The molecule has 0 spiro atoms. The van der Waals surface area contributed by atoms with E-state index in [9.17, 15) is 4.79 Å². The van der Waals surface area contributed by atoms with Gasteiger partial charge in [0.15, 0.2) is 5.58 Å². The normalized spacial score (nSPS) is 10.5. The number of hydrogen-bond donors (Lipinski definition) is 2. The zero-order chi connectivity index (χ0) is 22.1. The number of aliphatic carboxylic acids is 2. The van der Waals surface area contributed by atoms with E-state index in [1.807, 2.05) is 42.5 Å². The Hall–Kier alpha value is -3.59. The van der Waals surface area contributed by atoms with Crippen LogP contribution in [-0.2, 0) is 22.7 Å². The van der Waals surface area contributed by atoms with Crippen LogP contribution in [0.2, 0.25) is 0 Å². The van der Waals surface area contributed by atoms with Crippen LogP contribution in [0.5, 0.6) is 5.75 Å². The van der Waals surface area contributed by atoms with E-state index in [0.717, 1.165) is 36.3 Å². The van der Waals surface area contributed by atoms with Gasteiger partial charge >= 0.3 is 17.7 Å². The van der Waals surface area contributed by atoms with Gasteiger partial charge in [0.05, 0.1) is 12.6 Å². The second kappa shape index (κ2) is 10.8. The van der Waals surface area contributed by atoms with Crippen LogP contribution in [0.1, 0.15) is 12.0 Å².